The molecular formula is C7H13N3S. The zero-order valence-corrected chi connectivity index (χ0v) is 7.36. The van der Waals surface area contributed by atoms with Crippen molar-refractivity contribution in [2.24, 2.45) is 4.40 Å². The third kappa shape index (κ3) is 1.68. The molecule has 2 heterocycles. The zero-order chi connectivity index (χ0) is 7.52. The Morgan fingerprint density at radius 3 is 2.82 bits per heavy atom. The topological polar surface area (TPSA) is 27.6 Å². The van der Waals surface area contributed by atoms with Crippen LogP contribution in [0.1, 0.15) is 6.42 Å². The van der Waals surface area contributed by atoms with Crippen molar-refractivity contribution in [2.45, 2.75) is 6.42 Å². The van der Waals surface area contributed by atoms with Gasteiger partial charge in [-0.05, 0) is 11.9 Å². The molecule has 0 aromatic heterocycles. The van der Waals surface area contributed by atoms with Crippen LogP contribution in [-0.2, 0) is 0 Å². The lowest BCUT2D eigenvalue weighted by molar-refractivity contribution is 0.354. The van der Waals surface area contributed by atoms with Crippen LogP contribution in [0, 0.1) is 0 Å². The average Bonchev–Trinajstić information content (AvgIpc) is 2.58. The lowest BCUT2D eigenvalue weighted by Gasteiger charge is -2.28. The molecule has 0 bridgehead atoms. The van der Waals surface area contributed by atoms with E-state index in [-0.39, 0.29) is 0 Å². The van der Waals surface area contributed by atoms with E-state index in [1.54, 1.807) is 11.9 Å². The Bertz CT molecular complexity index is 163. The van der Waals surface area contributed by atoms with Crippen LogP contribution < -0.4 is 5.32 Å². The minimum atomic E-state index is 1.11. The number of piperazine rings is 1. The van der Waals surface area contributed by atoms with Gasteiger partial charge in [-0.2, -0.15) is 0 Å². The first-order valence-corrected chi connectivity index (χ1v) is 5.05. The fraction of sp³-hybridized carbons (Fsp3) is 0.857. The minimum Gasteiger partial charge on any atom is -0.357 e. The third-order valence-corrected chi connectivity index (χ3v) is 2.80. The first-order chi connectivity index (χ1) is 5.47. The Morgan fingerprint density at radius 2 is 2.18 bits per heavy atom. The summed E-state index contributed by atoms with van der Waals surface area (Å²) >= 11 is 1.70. The molecule has 0 aromatic carbocycles. The smallest absolute Gasteiger partial charge is 0.113 e. The summed E-state index contributed by atoms with van der Waals surface area (Å²) in [5.41, 5.74) is 0. The number of amidine groups is 1. The van der Waals surface area contributed by atoms with Gasteiger partial charge in [0.2, 0.25) is 0 Å². The van der Waals surface area contributed by atoms with E-state index in [2.05, 4.69) is 14.6 Å². The molecule has 0 aromatic rings. The van der Waals surface area contributed by atoms with E-state index in [1.165, 1.54) is 18.0 Å². The lowest BCUT2D eigenvalue weighted by atomic mass is 10.3. The van der Waals surface area contributed by atoms with Crippen LogP contribution in [0.3, 0.4) is 0 Å². The lowest BCUT2D eigenvalue weighted by Crippen LogP contribution is -2.46. The van der Waals surface area contributed by atoms with E-state index in [4.69, 9.17) is 0 Å². The van der Waals surface area contributed by atoms with Gasteiger partial charge in [0.1, 0.15) is 5.84 Å². The van der Waals surface area contributed by atoms with Gasteiger partial charge in [-0.25, -0.2) is 4.40 Å². The Balaban J connectivity index is 1.92. The molecule has 0 amide bonds. The average molecular weight is 171 g/mol. The number of rotatable bonds is 0. The van der Waals surface area contributed by atoms with E-state index in [9.17, 15) is 0 Å². The quantitative estimate of drug-likeness (QED) is 0.533. The first-order valence-electron chi connectivity index (χ1n) is 4.11. The predicted octanol–water partition coefficient (Wildman–Crippen LogP) is 0.342. The molecule has 0 spiro atoms. The van der Waals surface area contributed by atoms with Gasteiger partial charge in [0.05, 0.1) is 0 Å². The second-order valence-electron chi connectivity index (χ2n) is 2.83. The number of nitrogens with zero attached hydrogens (tertiary/aromatic N) is 2. The summed E-state index contributed by atoms with van der Waals surface area (Å²) in [5, 5.41) is 3.33. The standard InChI is InChI=1S/C7H13N3S/c1-6-11-9-7(1)10-4-2-8-3-5-10/h8H,1-6H2. The second-order valence-corrected chi connectivity index (χ2v) is 3.68. The van der Waals surface area contributed by atoms with E-state index in [0.717, 1.165) is 26.2 Å². The van der Waals surface area contributed by atoms with Gasteiger partial charge in [0, 0.05) is 38.4 Å². The van der Waals surface area contributed by atoms with Crippen molar-refractivity contribution in [3.63, 3.8) is 0 Å². The van der Waals surface area contributed by atoms with Gasteiger partial charge in [0.15, 0.2) is 0 Å². The van der Waals surface area contributed by atoms with E-state index >= 15 is 0 Å². The van der Waals surface area contributed by atoms with Crippen LogP contribution in [0.15, 0.2) is 4.40 Å². The second kappa shape index (κ2) is 3.45. The molecule has 1 fully saturated rings. The van der Waals surface area contributed by atoms with Crippen molar-refractivity contribution in [3.05, 3.63) is 0 Å². The van der Waals surface area contributed by atoms with Gasteiger partial charge in [0.25, 0.3) is 0 Å². The van der Waals surface area contributed by atoms with E-state index in [0.29, 0.717) is 0 Å². The highest BCUT2D eigenvalue weighted by Gasteiger charge is 2.16. The molecule has 2 aliphatic heterocycles. The highest BCUT2D eigenvalue weighted by molar-refractivity contribution is 7.98. The fourth-order valence-electron chi connectivity index (χ4n) is 1.44. The monoisotopic (exact) mass is 171 g/mol. The maximum atomic E-state index is 4.39. The van der Waals surface area contributed by atoms with Gasteiger partial charge in [-0.15, -0.1) is 0 Å². The Kier molecular flexibility index (Phi) is 2.33. The van der Waals surface area contributed by atoms with Crippen molar-refractivity contribution < 1.29 is 0 Å². The molecule has 1 N–H and O–H groups in total. The van der Waals surface area contributed by atoms with Crippen molar-refractivity contribution in [2.75, 3.05) is 31.9 Å². The molecule has 3 nitrogen and oxygen atoms in total. The number of hydrogen-bond donors (Lipinski definition) is 1. The summed E-state index contributed by atoms with van der Waals surface area (Å²) in [4.78, 5) is 2.40. The largest absolute Gasteiger partial charge is 0.357 e. The van der Waals surface area contributed by atoms with Crippen molar-refractivity contribution >= 4 is 17.8 Å². The molecule has 1 saturated heterocycles. The van der Waals surface area contributed by atoms with E-state index in [1.807, 2.05) is 0 Å². The molecule has 2 rings (SSSR count). The number of hydrogen-bond acceptors (Lipinski definition) is 4. The Hall–Kier alpha value is -0.220. The maximum absolute atomic E-state index is 4.39. The van der Waals surface area contributed by atoms with Crippen LogP contribution in [-0.4, -0.2) is 42.7 Å². The predicted molar refractivity (Wildman–Crippen MR) is 49.0 cm³/mol. The molecule has 0 radical (unpaired) electrons. The number of nitrogens with one attached hydrogen (secondary N) is 1. The fourth-order valence-corrected chi connectivity index (χ4v) is 2.16. The first kappa shape index (κ1) is 7.43. The van der Waals surface area contributed by atoms with Crippen LogP contribution in [0.2, 0.25) is 0 Å². The summed E-state index contributed by atoms with van der Waals surface area (Å²) in [7, 11) is 0. The molecule has 4 heteroatoms. The van der Waals surface area contributed by atoms with E-state index < -0.39 is 0 Å². The van der Waals surface area contributed by atoms with Crippen LogP contribution in [0.25, 0.3) is 0 Å². The summed E-state index contributed by atoms with van der Waals surface area (Å²) in [6.07, 6.45) is 1.17. The van der Waals surface area contributed by atoms with Gasteiger partial charge >= 0.3 is 0 Å². The summed E-state index contributed by atoms with van der Waals surface area (Å²) < 4.78 is 4.39. The maximum Gasteiger partial charge on any atom is 0.113 e. The molecule has 0 atom stereocenters. The van der Waals surface area contributed by atoms with Crippen molar-refractivity contribution in [1.82, 2.24) is 10.2 Å². The molecule has 0 aliphatic carbocycles. The van der Waals surface area contributed by atoms with Crippen LogP contribution >= 0.6 is 11.9 Å². The normalized spacial score (nSPS) is 25.5. The summed E-state index contributed by atoms with van der Waals surface area (Å²) in [6.45, 7) is 4.51. The van der Waals surface area contributed by atoms with Crippen molar-refractivity contribution in [3.8, 4) is 0 Å². The molecule has 2 aliphatic rings. The van der Waals surface area contributed by atoms with Crippen LogP contribution in [0.5, 0.6) is 0 Å². The molecule has 0 unspecified atom stereocenters. The molecule has 11 heavy (non-hydrogen) atoms. The molecule has 0 saturated carbocycles. The Morgan fingerprint density at radius 1 is 1.36 bits per heavy atom. The third-order valence-electron chi connectivity index (χ3n) is 2.07. The minimum absolute atomic E-state index is 1.11. The van der Waals surface area contributed by atoms with Gasteiger partial charge < -0.3 is 10.2 Å². The highest BCUT2D eigenvalue weighted by Crippen LogP contribution is 2.17. The van der Waals surface area contributed by atoms with Gasteiger partial charge in [-0.3, -0.25) is 0 Å². The SMILES string of the molecule is C1CN(C2=NSCC2)CCN1. The van der Waals surface area contributed by atoms with Crippen LogP contribution in [0.4, 0.5) is 0 Å². The summed E-state index contributed by atoms with van der Waals surface area (Å²) in [5.74, 6) is 2.50. The van der Waals surface area contributed by atoms with Gasteiger partial charge in [-0.1, -0.05) is 0 Å². The van der Waals surface area contributed by atoms with Crippen molar-refractivity contribution in [1.29, 1.82) is 0 Å². The molecule has 62 valence electrons. The molecular weight excluding hydrogens is 158 g/mol. The Labute approximate surface area is 71.4 Å². The summed E-state index contributed by atoms with van der Waals surface area (Å²) in [6, 6.07) is 0. The highest BCUT2D eigenvalue weighted by atomic mass is 32.2. The zero-order valence-electron chi connectivity index (χ0n) is 6.55.